The highest BCUT2D eigenvalue weighted by Crippen LogP contribution is 2.40. The van der Waals surface area contributed by atoms with Gasteiger partial charge in [-0.3, -0.25) is 4.79 Å². The van der Waals surface area contributed by atoms with E-state index in [-0.39, 0.29) is 11.6 Å². The number of hydrogen-bond donors (Lipinski definition) is 1. The van der Waals surface area contributed by atoms with Gasteiger partial charge in [0.1, 0.15) is 11.5 Å². The molecule has 3 rings (SSSR count). The molecule has 1 amide bonds. The highest BCUT2D eigenvalue weighted by molar-refractivity contribution is 6.03. The third kappa shape index (κ3) is 4.27. The van der Waals surface area contributed by atoms with Crippen molar-refractivity contribution in [3.63, 3.8) is 0 Å². The normalized spacial score (nSPS) is 16.4. The number of ether oxygens (including phenoxy) is 3. The van der Waals surface area contributed by atoms with Gasteiger partial charge in [0, 0.05) is 30.9 Å². The number of nitrogens with one attached hydrogen (secondary N) is 1. The Labute approximate surface area is 164 Å². The monoisotopic (exact) mass is 386 g/mol. The van der Waals surface area contributed by atoms with E-state index in [0.29, 0.717) is 28.9 Å². The molecule has 1 fully saturated rings. The van der Waals surface area contributed by atoms with E-state index >= 15 is 0 Å². The average Bonchev–Trinajstić information content (AvgIpc) is 2.73. The SMILES string of the molecule is COc1cc(NC(=O)c2cnc(N3CCCC(C)C3)cn2)cc(OC)c1OC. The van der Waals surface area contributed by atoms with Crippen LogP contribution in [-0.4, -0.2) is 50.3 Å². The molecular weight excluding hydrogens is 360 g/mol. The molecule has 0 bridgehead atoms. The van der Waals surface area contributed by atoms with Crippen LogP contribution in [0.4, 0.5) is 11.5 Å². The van der Waals surface area contributed by atoms with Crippen molar-refractivity contribution in [2.24, 2.45) is 5.92 Å². The van der Waals surface area contributed by atoms with Crippen LogP contribution in [0.5, 0.6) is 17.2 Å². The van der Waals surface area contributed by atoms with Gasteiger partial charge in [-0.05, 0) is 18.8 Å². The molecule has 1 aliphatic rings. The number of hydrogen-bond acceptors (Lipinski definition) is 7. The third-order valence-corrected chi connectivity index (χ3v) is 4.77. The highest BCUT2D eigenvalue weighted by atomic mass is 16.5. The van der Waals surface area contributed by atoms with Crippen LogP contribution in [0.2, 0.25) is 0 Å². The molecule has 28 heavy (non-hydrogen) atoms. The number of piperidine rings is 1. The van der Waals surface area contributed by atoms with Gasteiger partial charge in [-0.15, -0.1) is 0 Å². The second-order valence-corrected chi connectivity index (χ2v) is 6.82. The van der Waals surface area contributed by atoms with Crippen LogP contribution in [0.1, 0.15) is 30.3 Å². The van der Waals surface area contributed by atoms with E-state index in [0.717, 1.165) is 25.3 Å². The fourth-order valence-corrected chi connectivity index (χ4v) is 3.35. The number of anilines is 2. The number of rotatable bonds is 6. The number of amides is 1. The van der Waals surface area contributed by atoms with Crippen molar-refractivity contribution in [1.29, 1.82) is 0 Å². The smallest absolute Gasteiger partial charge is 0.275 e. The van der Waals surface area contributed by atoms with E-state index < -0.39 is 0 Å². The lowest BCUT2D eigenvalue weighted by Gasteiger charge is -2.31. The van der Waals surface area contributed by atoms with Gasteiger partial charge in [-0.2, -0.15) is 0 Å². The van der Waals surface area contributed by atoms with Crippen molar-refractivity contribution in [3.05, 3.63) is 30.2 Å². The molecule has 2 aromatic rings. The molecule has 150 valence electrons. The van der Waals surface area contributed by atoms with Gasteiger partial charge < -0.3 is 24.4 Å². The van der Waals surface area contributed by atoms with Crippen molar-refractivity contribution in [2.75, 3.05) is 44.6 Å². The molecule has 1 atom stereocenters. The molecule has 8 nitrogen and oxygen atoms in total. The van der Waals surface area contributed by atoms with Crippen molar-refractivity contribution < 1.29 is 19.0 Å². The van der Waals surface area contributed by atoms with Gasteiger partial charge in [0.15, 0.2) is 11.5 Å². The van der Waals surface area contributed by atoms with Crippen molar-refractivity contribution in [1.82, 2.24) is 9.97 Å². The van der Waals surface area contributed by atoms with Gasteiger partial charge in [0.25, 0.3) is 5.91 Å². The van der Waals surface area contributed by atoms with E-state index in [9.17, 15) is 4.79 Å². The Bertz CT molecular complexity index is 800. The van der Waals surface area contributed by atoms with E-state index in [1.807, 2.05) is 0 Å². The number of methoxy groups -OCH3 is 3. The molecule has 0 saturated carbocycles. The molecular formula is C20H26N4O4. The summed E-state index contributed by atoms with van der Waals surface area (Å²) in [6.07, 6.45) is 5.54. The molecule has 1 aromatic heterocycles. The minimum Gasteiger partial charge on any atom is -0.493 e. The zero-order valence-corrected chi connectivity index (χ0v) is 16.7. The van der Waals surface area contributed by atoms with Crippen LogP contribution in [0.3, 0.4) is 0 Å². The third-order valence-electron chi connectivity index (χ3n) is 4.77. The minimum absolute atomic E-state index is 0.238. The number of benzene rings is 1. The molecule has 2 heterocycles. The molecule has 1 N–H and O–H groups in total. The second-order valence-electron chi connectivity index (χ2n) is 6.82. The molecule has 1 aliphatic heterocycles. The zero-order chi connectivity index (χ0) is 20.1. The first-order chi connectivity index (χ1) is 13.5. The van der Waals surface area contributed by atoms with Gasteiger partial charge >= 0.3 is 0 Å². The Morgan fingerprint density at radius 1 is 1.11 bits per heavy atom. The number of nitrogens with zero attached hydrogens (tertiary/aromatic N) is 3. The summed E-state index contributed by atoms with van der Waals surface area (Å²) < 4.78 is 15.9. The summed E-state index contributed by atoms with van der Waals surface area (Å²) in [5.41, 5.74) is 0.748. The fourth-order valence-electron chi connectivity index (χ4n) is 3.35. The number of carbonyl (C=O) groups is 1. The lowest BCUT2D eigenvalue weighted by molar-refractivity contribution is 0.102. The van der Waals surface area contributed by atoms with Crippen LogP contribution in [-0.2, 0) is 0 Å². The first kappa shape index (κ1) is 19.7. The maximum atomic E-state index is 12.6. The number of aromatic nitrogens is 2. The van der Waals surface area contributed by atoms with Crippen molar-refractivity contribution >= 4 is 17.4 Å². The predicted molar refractivity (Wildman–Crippen MR) is 107 cm³/mol. The van der Waals surface area contributed by atoms with Crippen molar-refractivity contribution in [2.45, 2.75) is 19.8 Å². The van der Waals surface area contributed by atoms with Gasteiger partial charge in [0.05, 0.1) is 33.7 Å². The van der Waals surface area contributed by atoms with Crippen LogP contribution in [0.15, 0.2) is 24.5 Å². The molecule has 1 aromatic carbocycles. The topological polar surface area (TPSA) is 85.8 Å². The van der Waals surface area contributed by atoms with E-state index in [1.54, 1.807) is 18.3 Å². The molecule has 1 unspecified atom stereocenters. The Hall–Kier alpha value is -3.03. The zero-order valence-electron chi connectivity index (χ0n) is 16.7. The summed E-state index contributed by atoms with van der Waals surface area (Å²) in [4.78, 5) is 23.5. The fraction of sp³-hybridized carbons (Fsp3) is 0.450. The van der Waals surface area contributed by atoms with Crippen LogP contribution < -0.4 is 24.4 Å². The first-order valence-corrected chi connectivity index (χ1v) is 9.24. The summed E-state index contributed by atoms with van der Waals surface area (Å²) in [5.74, 6) is 2.45. The summed E-state index contributed by atoms with van der Waals surface area (Å²) >= 11 is 0. The highest BCUT2D eigenvalue weighted by Gasteiger charge is 2.19. The molecule has 0 spiro atoms. The lowest BCUT2D eigenvalue weighted by atomic mass is 10.0. The van der Waals surface area contributed by atoms with Crippen LogP contribution >= 0.6 is 0 Å². The number of carbonyl (C=O) groups excluding carboxylic acids is 1. The van der Waals surface area contributed by atoms with Crippen LogP contribution in [0.25, 0.3) is 0 Å². The molecule has 1 saturated heterocycles. The summed E-state index contributed by atoms with van der Waals surface area (Å²) in [5, 5.41) is 2.79. The summed E-state index contributed by atoms with van der Waals surface area (Å²) in [7, 11) is 4.57. The van der Waals surface area contributed by atoms with E-state index in [4.69, 9.17) is 14.2 Å². The standard InChI is InChI=1S/C20H26N4O4/c1-13-6-5-7-24(12-13)18-11-21-15(10-22-18)20(25)23-14-8-16(26-2)19(28-4)17(9-14)27-3/h8-11,13H,5-7,12H2,1-4H3,(H,23,25). The maximum Gasteiger partial charge on any atom is 0.275 e. The Morgan fingerprint density at radius 2 is 1.82 bits per heavy atom. The quantitative estimate of drug-likeness (QED) is 0.817. The van der Waals surface area contributed by atoms with Gasteiger partial charge in [-0.25, -0.2) is 9.97 Å². The van der Waals surface area contributed by atoms with Crippen LogP contribution in [0, 0.1) is 5.92 Å². The molecule has 8 heteroatoms. The Morgan fingerprint density at radius 3 is 2.36 bits per heavy atom. The lowest BCUT2D eigenvalue weighted by Crippen LogP contribution is -2.35. The largest absolute Gasteiger partial charge is 0.493 e. The summed E-state index contributed by atoms with van der Waals surface area (Å²) in [6, 6.07) is 3.33. The molecule has 0 aliphatic carbocycles. The van der Waals surface area contributed by atoms with E-state index in [1.165, 1.54) is 33.9 Å². The maximum absolute atomic E-state index is 12.6. The minimum atomic E-state index is -0.361. The van der Waals surface area contributed by atoms with Gasteiger partial charge in [0.2, 0.25) is 5.75 Å². The van der Waals surface area contributed by atoms with Crippen molar-refractivity contribution in [3.8, 4) is 17.2 Å². The van der Waals surface area contributed by atoms with Gasteiger partial charge in [-0.1, -0.05) is 6.92 Å². The second kappa shape index (κ2) is 8.77. The van der Waals surface area contributed by atoms with E-state index in [2.05, 4.69) is 27.1 Å². The Balaban J connectivity index is 1.74. The first-order valence-electron chi connectivity index (χ1n) is 9.24. The average molecular weight is 386 g/mol. The summed E-state index contributed by atoms with van der Waals surface area (Å²) in [6.45, 7) is 4.17. The predicted octanol–water partition coefficient (Wildman–Crippen LogP) is 2.99. The molecule has 0 radical (unpaired) electrons. The Kier molecular flexibility index (Phi) is 6.18.